The van der Waals surface area contributed by atoms with E-state index in [1.807, 2.05) is 5.38 Å². The summed E-state index contributed by atoms with van der Waals surface area (Å²) in [5.74, 6) is -1.42. The number of hydrogen-bond acceptors (Lipinski definition) is 5. The fourth-order valence-corrected chi connectivity index (χ4v) is 4.61. The first kappa shape index (κ1) is 25.2. The van der Waals surface area contributed by atoms with Crippen LogP contribution in [0.5, 0.6) is 0 Å². The van der Waals surface area contributed by atoms with Crippen molar-refractivity contribution >= 4 is 28.9 Å². The lowest BCUT2D eigenvalue weighted by Crippen LogP contribution is -2.23. The average molecular weight is 537 g/mol. The fourth-order valence-electron chi connectivity index (χ4n) is 4.07. The molecule has 5 aromatic rings. The molecule has 0 radical (unpaired) electrons. The zero-order valence-electron chi connectivity index (χ0n) is 19.6. The monoisotopic (exact) mass is 536 g/mol. The third-order valence-electron chi connectivity index (χ3n) is 6.03. The zero-order chi connectivity index (χ0) is 26.9. The summed E-state index contributed by atoms with van der Waals surface area (Å²) in [4.78, 5) is 24.5. The molecule has 0 unspecified atom stereocenters. The second-order valence-electron chi connectivity index (χ2n) is 8.57. The molecule has 0 saturated heterocycles. The van der Waals surface area contributed by atoms with Gasteiger partial charge in [-0.05, 0) is 53.0 Å². The molecule has 2 N–H and O–H groups in total. The van der Waals surface area contributed by atoms with Gasteiger partial charge in [-0.25, -0.2) is 13.7 Å². The molecule has 0 aliphatic carbocycles. The number of carboxylic acid groups (broad SMARTS) is 1. The quantitative estimate of drug-likeness (QED) is 0.278. The van der Waals surface area contributed by atoms with Gasteiger partial charge in [0, 0.05) is 47.4 Å². The van der Waals surface area contributed by atoms with Crippen LogP contribution in [0.2, 0.25) is 0 Å². The van der Waals surface area contributed by atoms with Gasteiger partial charge in [-0.2, -0.15) is 18.3 Å². The van der Waals surface area contributed by atoms with Crippen LogP contribution in [0.4, 0.5) is 13.2 Å². The first-order valence-corrected chi connectivity index (χ1v) is 12.2. The number of carbonyl (C=O) groups excluding carboxylic acids is 1. The van der Waals surface area contributed by atoms with E-state index in [-0.39, 0.29) is 24.4 Å². The fraction of sp³-hybridized carbons (Fsp3) is 0.111. The van der Waals surface area contributed by atoms with Crippen LogP contribution in [-0.2, 0) is 19.1 Å². The summed E-state index contributed by atoms with van der Waals surface area (Å²) in [7, 11) is 0. The zero-order valence-corrected chi connectivity index (χ0v) is 20.4. The Morgan fingerprint density at radius 2 is 1.68 bits per heavy atom. The predicted molar refractivity (Wildman–Crippen MR) is 135 cm³/mol. The van der Waals surface area contributed by atoms with Gasteiger partial charge in [-0.3, -0.25) is 4.79 Å². The number of halogens is 3. The largest absolute Gasteiger partial charge is 0.478 e. The topological polar surface area (TPSA) is 96.6 Å². The smallest absolute Gasteiger partial charge is 0.416 e. The molecule has 1 amide bonds. The highest BCUT2D eigenvalue weighted by Crippen LogP contribution is 2.30. The summed E-state index contributed by atoms with van der Waals surface area (Å²) in [5, 5.41) is 18.2. The average Bonchev–Trinajstić information content (AvgIpc) is 3.57. The lowest BCUT2D eigenvalue weighted by molar-refractivity contribution is -0.137. The van der Waals surface area contributed by atoms with E-state index >= 15 is 0 Å². The van der Waals surface area contributed by atoms with Crippen molar-refractivity contribution in [2.75, 3.05) is 0 Å². The highest BCUT2D eigenvalue weighted by molar-refractivity contribution is 7.03. The summed E-state index contributed by atoms with van der Waals surface area (Å²) in [6.45, 7) is 0.164. The van der Waals surface area contributed by atoms with Crippen LogP contribution in [0.25, 0.3) is 16.6 Å². The number of nitrogens with one attached hydrogen (secondary N) is 1. The molecule has 0 atom stereocenters. The van der Waals surface area contributed by atoms with Gasteiger partial charge in [-0.15, -0.1) is 0 Å². The van der Waals surface area contributed by atoms with Crippen LogP contribution >= 0.6 is 11.5 Å². The number of fused-ring (bicyclic) bond motifs is 1. The summed E-state index contributed by atoms with van der Waals surface area (Å²) in [6, 6.07) is 12.8. The van der Waals surface area contributed by atoms with Gasteiger partial charge in [0.15, 0.2) is 0 Å². The molecule has 0 aliphatic heterocycles. The Morgan fingerprint density at radius 1 is 0.974 bits per heavy atom. The first-order valence-electron chi connectivity index (χ1n) is 11.4. The molecule has 5 rings (SSSR count). The van der Waals surface area contributed by atoms with E-state index in [1.165, 1.54) is 35.8 Å². The van der Waals surface area contributed by atoms with Crippen LogP contribution in [0.15, 0.2) is 78.6 Å². The Hall–Kier alpha value is -4.51. The summed E-state index contributed by atoms with van der Waals surface area (Å²) in [6.07, 6.45) is 0.915. The number of benzene rings is 2. The van der Waals surface area contributed by atoms with Crippen molar-refractivity contribution in [2.45, 2.75) is 19.1 Å². The number of alkyl halides is 3. The van der Waals surface area contributed by atoms with Gasteiger partial charge in [0.05, 0.1) is 28.4 Å². The molecule has 3 heterocycles. The third kappa shape index (κ3) is 5.28. The minimum Gasteiger partial charge on any atom is -0.478 e. The lowest BCUT2D eigenvalue weighted by atomic mass is 10.0. The number of amides is 1. The molecule has 2 aromatic carbocycles. The maximum absolute atomic E-state index is 13.4. The van der Waals surface area contributed by atoms with Crippen molar-refractivity contribution in [1.82, 2.24) is 19.3 Å². The molecule has 0 fully saturated rings. The van der Waals surface area contributed by atoms with Crippen molar-refractivity contribution in [3.8, 4) is 11.1 Å². The molecule has 192 valence electrons. The van der Waals surface area contributed by atoms with E-state index in [9.17, 15) is 22.8 Å². The minimum atomic E-state index is -4.42. The molecule has 0 spiro atoms. The first-order chi connectivity index (χ1) is 18.2. The molecule has 38 heavy (non-hydrogen) atoms. The van der Waals surface area contributed by atoms with Gasteiger partial charge >= 0.3 is 12.1 Å². The number of rotatable bonds is 7. The number of carboxylic acids is 1. The van der Waals surface area contributed by atoms with Crippen LogP contribution in [0.3, 0.4) is 0 Å². The molecule has 7 nitrogen and oxygen atoms in total. The standard InChI is InChI=1S/C27H19F3N4O3S/c28-27(29,30)22-7-3-16(4-8-22)9-19-12-32-34-14-20(21-13-33-38-15-21)10-23(24(19)34)25(35)31-11-17-1-5-18(6-2-17)26(36)37/h1-8,10,12-15H,9,11H2,(H,31,35)(H,36,37). The van der Waals surface area contributed by atoms with Gasteiger partial charge in [0.25, 0.3) is 5.91 Å². The van der Waals surface area contributed by atoms with Crippen molar-refractivity contribution in [2.24, 2.45) is 0 Å². The van der Waals surface area contributed by atoms with Crippen LogP contribution in [-0.4, -0.2) is 31.0 Å². The van der Waals surface area contributed by atoms with E-state index in [4.69, 9.17) is 5.11 Å². The number of pyridine rings is 1. The molecular formula is C27H19F3N4O3S. The summed E-state index contributed by atoms with van der Waals surface area (Å²) < 4.78 is 44.6. The number of carbonyl (C=O) groups is 2. The lowest BCUT2D eigenvalue weighted by Gasteiger charge is -2.11. The van der Waals surface area contributed by atoms with Crippen molar-refractivity contribution < 1.29 is 27.9 Å². The van der Waals surface area contributed by atoms with Crippen LogP contribution in [0.1, 0.15) is 43.0 Å². The third-order valence-corrected chi connectivity index (χ3v) is 6.61. The van der Waals surface area contributed by atoms with E-state index in [1.54, 1.807) is 41.3 Å². The predicted octanol–water partition coefficient (Wildman–Crippen LogP) is 5.70. The molecular weight excluding hydrogens is 517 g/mol. The second kappa shape index (κ2) is 10.1. The highest BCUT2D eigenvalue weighted by Gasteiger charge is 2.30. The van der Waals surface area contributed by atoms with Crippen molar-refractivity contribution in [3.05, 3.63) is 112 Å². The summed E-state index contributed by atoms with van der Waals surface area (Å²) >= 11 is 1.27. The number of aromatic carboxylic acids is 1. The van der Waals surface area contributed by atoms with Crippen molar-refractivity contribution in [3.63, 3.8) is 0 Å². The van der Waals surface area contributed by atoms with E-state index in [0.29, 0.717) is 22.2 Å². The Kier molecular flexibility index (Phi) is 6.68. The Bertz CT molecular complexity index is 1610. The molecule has 3 aromatic heterocycles. The van der Waals surface area contributed by atoms with Gasteiger partial charge in [0.2, 0.25) is 0 Å². The Labute approximate surface area is 218 Å². The van der Waals surface area contributed by atoms with Crippen molar-refractivity contribution in [1.29, 1.82) is 0 Å². The normalized spacial score (nSPS) is 11.6. The minimum absolute atomic E-state index is 0.144. The second-order valence-corrected chi connectivity index (χ2v) is 9.23. The number of hydrogen-bond donors (Lipinski definition) is 2. The highest BCUT2D eigenvalue weighted by atomic mass is 32.1. The number of aromatic nitrogens is 3. The van der Waals surface area contributed by atoms with Gasteiger partial charge in [0.1, 0.15) is 0 Å². The Balaban J connectivity index is 1.47. The molecule has 0 bridgehead atoms. The van der Waals surface area contributed by atoms with Crippen LogP contribution in [0, 0.1) is 0 Å². The molecule has 0 aliphatic rings. The Morgan fingerprint density at radius 3 is 2.32 bits per heavy atom. The maximum Gasteiger partial charge on any atom is 0.416 e. The van der Waals surface area contributed by atoms with Crippen LogP contribution < -0.4 is 5.32 Å². The van der Waals surface area contributed by atoms with Gasteiger partial charge < -0.3 is 10.4 Å². The maximum atomic E-state index is 13.4. The number of nitrogens with zero attached hydrogens (tertiary/aromatic N) is 3. The van der Waals surface area contributed by atoms with E-state index in [2.05, 4.69) is 14.8 Å². The van der Waals surface area contributed by atoms with E-state index in [0.717, 1.165) is 28.8 Å². The van der Waals surface area contributed by atoms with E-state index < -0.39 is 17.7 Å². The van der Waals surface area contributed by atoms with Gasteiger partial charge in [-0.1, -0.05) is 24.3 Å². The molecule has 0 saturated carbocycles. The molecule has 11 heteroatoms. The SMILES string of the molecule is O=C(O)c1ccc(CNC(=O)c2cc(-c3cnsc3)cn3ncc(Cc4ccc(C(F)(F)F)cc4)c23)cc1. The summed E-state index contributed by atoms with van der Waals surface area (Å²) in [5.41, 5.74) is 3.88.